The lowest BCUT2D eigenvalue weighted by molar-refractivity contribution is -0.119. The lowest BCUT2D eigenvalue weighted by atomic mass is 9.91. The van der Waals surface area contributed by atoms with Crippen molar-refractivity contribution in [1.82, 2.24) is 0 Å². The molecule has 2 N–H and O–H groups in total. The summed E-state index contributed by atoms with van der Waals surface area (Å²) in [6.07, 6.45) is 1.44. The van der Waals surface area contributed by atoms with Gasteiger partial charge < -0.3 is 5.73 Å². The van der Waals surface area contributed by atoms with Gasteiger partial charge in [-0.15, -0.1) is 0 Å². The number of halogens is 2. The van der Waals surface area contributed by atoms with Gasteiger partial charge in [0, 0.05) is 17.9 Å². The minimum absolute atomic E-state index is 0.0253. The fourth-order valence-corrected chi connectivity index (χ4v) is 2.36. The smallest absolute Gasteiger partial charge is 0.137 e. The van der Waals surface area contributed by atoms with E-state index >= 15 is 0 Å². The van der Waals surface area contributed by atoms with Gasteiger partial charge in [0.1, 0.15) is 11.6 Å². The standard InChI is InChI=1S/C15H21ClFNO/c1-10(2)5-11(9-18)6-14(19)7-12-3-4-13(16)8-15(12)17/h3-4,8,10-11H,5-7,9,18H2,1-2H3. The molecule has 0 radical (unpaired) electrons. The van der Waals surface area contributed by atoms with Gasteiger partial charge in [-0.05, 0) is 42.5 Å². The number of carbonyl (C=O) groups is 1. The van der Waals surface area contributed by atoms with Crippen LogP contribution in [0.4, 0.5) is 4.39 Å². The largest absolute Gasteiger partial charge is 0.330 e. The minimum Gasteiger partial charge on any atom is -0.330 e. The van der Waals surface area contributed by atoms with Crippen molar-refractivity contribution in [2.45, 2.75) is 33.1 Å². The highest BCUT2D eigenvalue weighted by molar-refractivity contribution is 6.30. The molecule has 0 spiro atoms. The Hall–Kier alpha value is -0.930. The number of nitrogens with two attached hydrogens (primary N) is 1. The maximum absolute atomic E-state index is 13.6. The van der Waals surface area contributed by atoms with E-state index in [0.29, 0.717) is 29.5 Å². The van der Waals surface area contributed by atoms with Gasteiger partial charge in [0.2, 0.25) is 0 Å². The maximum atomic E-state index is 13.6. The number of carbonyl (C=O) groups excluding carboxylic acids is 1. The quantitative estimate of drug-likeness (QED) is 0.832. The fraction of sp³-hybridized carbons (Fsp3) is 0.533. The second kappa shape index (κ2) is 7.61. The van der Waals surface area contributed by atoms with E-state index in [4.69, 9.17) is 17.3 Å². The highest BCUT2D eigenvalue weighted by Crippen LogP contribution is 2.18. The van der Waals surface area contributed by atoms with Crippen molar-refractivity contribution in [3.05, 3.63) is 34.6 Å². The van der Waals surface area contributed by atoms with Gasteiger partial charge in [0.25, 0.3) is 0 Å². The number of hydrogen-bond donors (Lipinski definition) is 1. The Morgan fingerprint density at radius 3 is 2.63 bits per heavy atom. The summed E-state index contributed by atoms with van der Waals surface area (Å²) in [4.78, 5) is 11.9. The molecule has 0 heterocycles. The summed E-state index contributed by atoms with van der Waals surface area (Å²) in [6, 6.07) is 4.40. The first kappa shape index (κ1) is 16.1. The van der Waals surface area contributed by atoms with Crippen LogP contribution in [0.3, 0.4) is 0 Å². The van der Waals surface area contributed by atoms with Crippen molar-refractivity contribution >= 4 is 17.4 Å². The molecule has 4 heteroatoms. The lowest BCUT2D eigenvalue weighted by Crippen LogP contribution is -2.21. The van der Waals surface area contributed by atoms with Crippen LogP contribution in [0, 0.1) is 17.7 Å². The third-order valence-corrected chi connectivity index (χ3v) is 3.29. The van der Waals surface area contributed by atoms with Crippen molar-refractivity contribution in [2.75, 3.05) is 6.54 Å². The molecule has 1 aromatic rings. The van der Waals surface area contributed by atoms with Crippen LogP contribution >= 0.6 is 11.6 Å². The third-order valence-electron chi connectivity index (χ3n) is 3.06. The Morgan fingerprint density at radius 1 is 1.42 bits per heavy atom. The predicted octanol–water partition coefficient (Wildman–Crippen LogP) is 3.60. The number of rotatable bonds is 7. The van der Waals surface area contributed by atoms with Crippen LogP contribution in [0.25, 0.3) is 0 Å². The Balaban J connectivity index is 2.59. The van der Waals surface area contributed by atoms with E-state index in [1.54, 1.807) is 12.1 Å². The lowest BCUT2D eigenvalue weighted by Gasteiger charge is -2.16. The molecule has 1 unspecified atom stereocenters. The first-order valence-electron chi connectivity index (χ1n) is 6.58. The van der Waals surface area contributed by atoms with E-state index in [0.717, 1.165) is 6.42 Å². The molecular formula is C15H21ClFNO. The van der Waals surface area contributed by atoms with Crippen LogP contribution in [-0.2, 0) is 11.2 Å². The average molecular weight is 286 g/mol. The van der Waals surface area contributed by atoms with Crippen LogP contribution in [0.2, 0.25) is 5.02 Å². The van der Waals surface area contributed by atoms with Gasteiger partial charge in [0.15, 0.2) is 0 Å². The van der Waals surface area contributed by atoms with Gasteiger partial charge in [-0.2, -0.15) is 0 Å². The molecule has 0 fully saturated rings. The zero-order chi connectivity index (χ0) is 14.4. The zero-order valence-electron chi connectivity index (χ0n) is 11.5. The average Bonchev–Trinajstić information content (AvgIpc) is 2.31. The number of ketones is 1. The molecule has 0 bridgehead atoms. The summed E-state index contributed by atoms with van der Waals surface area (Å²) in [5.74, 6) is 0.294. The zero-order valence-corrected chi connectivity index (χ0v) is 12.2. The summed E-state index contributed by atoms with van der Waals surface area (Å²) in [7, 11) is 0. The molecule has 1 aromatic carbocycles. The molecule has 19 heavy (non-hydrogen) atoms. The Kier molecular flexibility index (Phi) is 6.46. The first-order chi connectivity index (χ1) is 8.92. The Bertz CT molecular complexity index is 434. The monoisotopic (exact) mass is 285 g/mol. The van der Waals surface area contributed by atoms with Gasteiger partial charge in [0.05, 0.1) is 0 Å². The van der Waals surface area contributed by atoms with Gasteiger partial charge in [-0.3, -0.25) is 4.79 Å². The molecule has 0 aliphatic rings. The second-order valence-electron chi connectivity index (χ2n) is 5.39. The van der Waals surface area contributed by atoms with E-state index in [1.807, 2.05) is 0 Å². The third kappa shape index (κ3) is 5.70. The van der Waals surface area contributed by atoms with Crippen LogP contribution in [-0.4, -0.2) is 12.3 Å². The molecule has 2 nitrogen and oxygen atoms in total. The highest BCUT2D eigenvalue weighted by Gasteiger charge is 2.15. The number of Topliss-reactive ketones (excluding diaryl/α,β-unsaturated/α-hetero) is 1. The van der Waals surface area contributed by atoms with Crippen LogP contribution in [0.1, 0.15) is 32.3 Å². The molecule has 1 atom stereocenters. The van der Waals surface area contributed by atoms with Gasteiger partial charge >= 0.3 is 0 Å². The molecule has 0 saturated heterocycles. The van der Waals surface area contributed by atoms with E-state index in [1.165, 1.54) is 6.07 Å². The molecular weight excluding hydrogens is 265 g/mol. The normalized spacial score (nSPS) is 12.7. The summed E-state index contributed by atoms with van der Waals surface area (Å²) < 4.78 is 13.6. The Morgan fingerprint density at radius 2 is 2.11 bits per heavy atom. The molecule has 0 aliphatic carbocycles. The van der Waals surface area contributed by atoms with Crippen molar-refractivity contribution in [1.29, 1.82) is 0 Å². The van der Waals surface area contributed by atoms with Crippen LogP contribution in [0.5, 0.6) is 0 Å². The molecule has 1 rings (SSSR count). The van der Waals surface area contributed by atoms with Gasteiger partial charge in [-0.25, -0.2) is 4.39 Å². The van der Waals surface area contributed by atoms with Crippen LogP contribution in [0.15, 0.2) is 18.2 Å². The summed E-state index contributed by atoms with van der Waals surface area (Å²) in [6.45, 7) is 4.70. The molecule has 0 aromatic heterocycles. The van der Waals surface area contributed by atoms with E-state index in [-0.39, 0.29) is 18.1 Å². The van der Waals surface area contributed by atoms with Crippen molar-refractivity contribution in [3.8, 4) is 0 Å². The fourth-order valence-electron chi connectivity index (χ4n) is 2.20. The van der Waals surface area contributed by atoms with E-state index < -0.39 is 5.82 Å². The summed E-state index contributed by atoms with van der Waals surface area (Å²) in [5.41, 5.74) is 6.07. The van der Waals surface area contributed by atoms with Crippen molar-refractivity contribution in [2.24, 2.45) is 17.6 Å². The second-order valence-corrected chi connectivity index (χ2v) is 5.82. The summed E-state index contributed by atoms with van der Waals surface area (Å²) >= 11 is 5.68. The maximum Gasteiger partial charge on any atom is 0.137 e. The summed E-state index contributed by atoms with van der Waals surface area (Å²) in [5, 5.41) is 0.341. The first-order valence-corrected chi connectivity index (χ1v) is 6.95. The Labute approximate surface area is 119 Å². The van der Waals surface area contributed by atoms with Crippen molar-refractivity contribution in [3.63, 3.8) is 0 Å². The predicted molar refractivity (Wildman–Crippen MR) is 76.7 cm³/mol. The van der Waals surface area contributed by atoms with E-state index in [9.17, 15) is 9.18 Å². The van der Waals surface area contributed by atoms with E-state index in [2.05, 4.69) is 13.8 Å². The molecule has 106 valence electrons. The molecule has 0 amide bonds. The van der Waals surface area contributed by atoms with Crippen LogP contribution < -0.4 is 5.73 Å². The molecule has 0 saturated carbocycles. The number of benzene rings is 1. The van der Waals surface area contributed by atoms with Gasteiger partial charge in [-0.1, -0.05) is 31.5 Å². The highest BCUT2D eigenvalue weighted by atomic mass is 35.5. The number of hydrogen-bond acceptors (Lipinski definition) is 2. The topological polar surface area (TPSA) is 43.1 Å². The van der Waals surface area contributed by atoms with Crippen molar-refractivity contribution < 1.29 is 9.18 Å². The minimum atomic E-state index is -0.422. The SMILES string of the molecule is CC(C)CC(CN)CC(=O)Cc1ccc(Cl)cc1F. The molecule has 0 aliphatic heterocycles.